The Morgan fingerprint density at radius 2 is 2.05 bits per heavy atom. The first-order valence-corrected chi connectivity index (χ1v) is 7.45. The Bertz CT molecular complexity index is 496. The maximum Gasteiger partial charge on any atom is 0.254 e. The second-order valence-corrected chi connectivity index (χ2v) is 5.78. The van der Waals surface area contributed by atoms with Gasteiger partial charge in [-0.3, -0.25) is 9.59 Å². The van der Waals surface area contributed by atoms with Crippen LogP contribution in [0.15, 0.2) is 24.3 Å². The first-order valence-electron chi connectivity index (χ1n) is 7.45. The first kappa shape index (κ1) is 14.8. The van der Waals surface area contributed by atoms with Gasteiger partial charge < -0.3 is 4.90 Å². The van der Waals surface area contributed by atoms with Crippen LogP contribution >= 0.6 is 0 Å². The molecule has 0 spiro atoms. The summed E-state index contributed by atoms with van der Waals surface area (Å²) in [6.45, 7) is 4.37. The Morgan fingerprint density at radius 3 is 2.75 bits per heavy atom. The molecule has 1 atom stereocenters. The molecule has 0 N–H and O–H groups in total. The standard InChI is InChI=1S/C17H23NO2/c1-13-7-6-8-15(11-13)17(20)18-10-5-3-4-9-16(18)12-14(2)19/h6-8,11,16H,3-5,9-10,12H2,1-2H3. The molecular formula is C17H23NO2. The van der Waals surface area contributed by atoms with E-state index in [-0.39, 0.29) is 17.7 Å². The van der Waals surface area contributed by atoms with E-state index in [1.54, 1.807) is 6.92 Å². The van der Waals surface area contributed by atoms with Gasteiger partial charge in [-0.15, -0.1) is 0 Å². The number of aryl methyl sites for hydroxylation is 1. The van der Waals surface area contributed by atoms with E-state index >= 15 is 0 Å². The minimum Gasteiger partial charge on any atom is -0.335 e. The van der Waals surface area contributed by atoms with Crippen molar-refractivity contribution in [1.29, 1.82) is 0 Å². The van der Waals surface area contributed by atoms with Crippen molar-refractivity contribution in [2.45, 2.75) is 52.0 Å². The van der Waals surface area contributed by atoms with Crippen molar-refractivity contribution in [2.24, 2.45) is 0 Å². The maximum absolute atomic E-state index is 12.7. The van der Waals surface area contributed by atoms with E-state index in [9.17, 15) is 9.59 Å². The van der Waals surface area contributed by atoms with E-state index < -0.39 is 0 Å². The molecule has 3 heteroatoms. The van der Waals surface area contributed by atoms with Crippen molar-refractivity contribution in [2.75, 3.05) is 6.54 Å². The lowest BCUT2D eigenvalue weighted by molar-refractivity contribution is -0.118. The molecular weight excluding hydrogens is 250 g/mol. The highest BCUT2D eigenvalue weighted by molar-refractivity contribution is 5.95. The Kier molecular flexibility index (Phi) is 4.94. The topological polar surface area (TPSA) is 37.4 Å². The monoisotopic (exact) mass is 273 g/mol. The summed E-state index contributed by atoms with van der Waals surface area (Å²) in [4.78, 5) is 26.1. The summed E-state index contributed by atoms with van der Waals surface area (Å²) in [5, 5.41) is 0. The molecule has 1 heterocycles. The number of amides is 1. The predicted octanol–water partition coefficient (Wildman–Crippen LogP) is 3.36. The van der Waals surface area contributed by atoms with E-state index in [0.29, 0.717) is 6.42 Å². The molecule has 1 saturated heterocycles. The lowest BCUT2D eigenvalue weighted by Crippen LogP contribution is -2.41. The molecule has 1 aliphatic rings. The number of Topliss-reactive ketones (excluding diaryl/α,β-unsaturated/α-hetero) is 1. The van der Waals surface area contributed by atoms with Crippen LogP contribution in [0.2, 0.25) is 0 Å². The Hall–Kier alpha value is -1.64. The largest absolute Gasteiger partial charge is 0.335 e. The number of likely N-dealkylation sites (tertiary alicyclic amines) is 1. The van der Waals surface area contributed by atoms with Gasteiger partial charge in [-0.05, 0) is 38.8 Å². The average molecular weight is 273 g/mol. The number of nitrogens with zero attached hydrogens (tertiary/aromatic N) is 1. The van der Waals surface area contributed by atoms with Crippen LogP contribution in [-0.4, -0.2) is 29.2 Å². The molecule has 1 aliphatic heterocycles. The molecule has 1 aromatic rings. The van der Waals surface area contributed by atoms with Crippen molar-refractivity contribution >= 4 is 11.7 Å². The minimum absolute atomic E-state index is 0.0712. The van der Waals surface area contributed by atoms with Crippen LogP contribution in [0.25, 0.3) is 0 Å². The van der Waals surface area contributed by atoms with E-state index in [0.717, 1.165) is 43.4 Å². The van der Waals surface area contributed by atoms with Crippen molar-refractivity contribution in [3.05, 3.63) is 35.4 Å². The Labute approximate surface area is 121 Å². The van der Waals surface area contributed by atoms with Crippen LogP contribution in [-0.2, 0) is 4.79 Å². The van der Waals surface area contributed by atoms with Gasteiger partial charge in [0.2, 0.25) is 0 Å². The molecule has 3 nitrogen and oxygen atoms in total. The highest BCUT2D eigenvalue weighted by atomic mass is 16.2. The molecule has 0 saturated carbocycles. The fraction of sp³-hybridized carbons (Fsp3) is 0.529. The number of hydrogen-bond donors (Lipinski definition) is 0. The molecule has 1 fully saturated rings. The fourth-order valence-corrected chi connectivity index (χ4v) is 2.93. The minimum atomic E-state index is 0.0712. The van der Waals surface area contributed by atoms with Gasteiger partial charge in [0.25, 0.3) is 5.91 Å². The van der Waals surface area contributed by atoms with Crippen LogP contribution in [0.3, 0.4) is 0 Å². The lowest BCUT2D eigenvalue weighted by atomic mass is 10.0. The summed E-state index contributed by atoms with van der Waals surface area (Å²) < 4.78 is 0. The highest BCUT2D eigenvalue weighted by Gasteiger charge is 2.27. The molecule has 1 aromatic carbocycles. The van der Waals surface area contributed by atoms with E-state index in [2.05, 4.69) is 0 Å². The Morgan fingerprint density at radius 1 is 1.25 bits per heavy atom. The molecule has 108 valence electrons. The van der Waals surface area contributed by atoms with E-state index in [4.69, 9.17) is 0 Å². The summed E-state index contributed by atoms with van der Waals surface area (Å²) in [6, 6.07) is 7.78. The van der Waals surface area contributed by atoms with Gasteiger partial charge in [-0.25, -0.2) is 0 Å². The molecule has 20 heavy (non-hydrogen) atoms. The van der Waals surface area contributed by atoms with Crippen LogP contribution < -0.4 is 0 Å². The molecule has 0 radical (unpaired) electrons. The number of hydrogen-bond acceptors (Lipinski definition) is 2. The fourth-order valence-electron chi connectivity index (χ4n) is 2.93. The Balaban J connectivity index is 2.21. The van der Waals surface area contributed by atoms with Crippen molar-refractivity contribution in [3.8, 4) is 0 Å². The number of benzene rings is 1. The van der Waals surface area contributed by atoms with Crippen LogP contribution in [0, 0.1) is 6.92 Å². The van der Waals surface area contributed by atoms with Crippen molar-refractivity contribution in [3.63, 3.8) is 0 Å². The molecule has 0 aliphatic carbocycles. The second kappa shape index (κ2) is 6.69. The van der Waals surface area contributed by atoms with Crippen LogP contribution in [0.4, 0.5) is 0 Å². The van der Waals surface area contributed by atoms with Gasteiger partial charge in [0.15, 0.2) is 0 Å². The normalized spacial score (nSPS) is 19.5. The smallest absolute Gasteiger partial charge is 0.254 e. The van der Waals surface area contributed by atoms with Crippen molar-refractivity contribution < 1.29 is 9.59 Å². The number of carbonyl (C=O) groups is 2. The zero-order valence-corrected chi connectivity index (χ0v) is 12.4. The SMILES string of the molecule is CC(=O)CC1CCCCCN1C(=O)c1cccc(C)c1. The summed E-state index contributed by atoms with van der Waals surface area (Å²) in [5.41, 5.74) is 1.83. The van der Waals surface area contributed by atoms with Gasteiger partial charge in [0.05, 0.1) is 0 Å². The molecule has 0 aromatic heterocycles. The van der Waals surface area contributed by atoms with Crippen LogP contribution in [0.5, 0.6) is 0 Å². The van der Waals surface area contributed by atoms with Gasteiger partial charge in [0, 0.05) is 24.6 Å². The zero-order valence-electron chi connectivity index (χ0n) is 12.4. The summed E-state index contributed by atoms with van der Waals surface area (Å²) in [6.07, 6.45) is 4.71. The van der Waals surface area contributed by atoms with Crippen LogP contribution in [0.1, 0.15) is 54.9 Å². The maximum atomic E-state index is 12.7. The molecule has 1 amide bonds. The lowest BCUT2D eigenvalue weighted by Gasteiger charge is -2.29. The third-order valence-corrected chi connectivity index (χ3v) is 3.93. The third-order valence-electron chi connectivity index (χ3n) is 3.93. The number of rotatable bonds is 3. The van der Waals surface area contributed by atoms with Gasteiger partial charge in [-0.1, -0.05) is 30.5 Å². The van der Waals surface area contributed by atoms with E-state index in [1.807, 2.05) is 36.1 Å². The molecule has 0 bridgehead atoms. The quantitative estimate of drug-likeness (QED) is 0.847. The summed E-state index contributed by atoms with van der Waals surface area (Å²) in [5.74, 6) is 0.237. The third kappa shape index (κ3) is 3.69. The van der Waals surface area contributed by atoms with Gasteiger partial charge >= 0.3 is 0 Å². The van der Waals surface area contributed by atoms with Crippen molar-refractivity contribution in [1.82, 2.24) is 4.90 Å². The van der Waals surface area contributed by atoms with Gasteiger partial charge in [-0.2, -0.15) is 0 Å². The summed E-state index contributed by atoms with van der Waals surface area (Å²) >= 11 is 0. The summed E-state index contributed by atoms with van der Waals surface area (Å²) in [7, 11) is 0. The molecule has 1 unspecified atom stereocenters. The number of carbonyl (C=O) groups excluding carboxylic acids is 2. The average Bonchev–Trinajstić information content (AvgIpc) is 2.63. The predicted molar refractivity (Wildman–Crippen MR) is 79.8 cm³/mol. The zero-order chi connectivity index (χ0) is 14.5. The molecule has 2 rings (SSSR count). The highest BCUT2D eigenvalue weighted by Crippen LogP contribution is 2.22. The first-order chi connectivity index (χ1) is 9.58. The number of ketones is 1. The van der Waals surface area contributed by atoms with Gasteiger partial charge in [0.1, 0.15) is 5.78 Å². The van der Waals surface area contributed by atoms with E-state index in [1.165, 1.54) is 0 Å². The second-order valence-electron chi connectivity index (χ2n) is 5.78.